The summed E-state index contributed by atoms with van der Waals surface area (Å²) in [6.45, 7) is 5.39. The largest absolute Gasteiger partial charge is 0.448 e. The lowest BCUT2D eigenvalue weighted by atomic mass is 9.83. The van der Waals surface area contributed by atoms with Crippen molar-refractivity contribution in [3.63, 3.8) is 0 Å². The zero-order valence-corrected chi connectivity index (χ0v) is 18.5. The summed E-state index contributed by atoms with van der Waals surface area (Å²) < 4.78 is 5.41. The third-order valence-electron chi connectivity index (χ3n) is 5.53. The molecular weight excluding hydrogens is 398 g/mol. The number of benzene rings is 1. The third kappa shape index (κ3) is 4.88. The fraction of sp³-hybridized carbons (Fsp3) is 0.478. The molecule has 0 radical (unpaired) electrons. The normalized spacial score (nSPS) is 16.3. The molecule has 1 aliphatic carbocycles. The summed E-state index contributed by atoms with van der Waals surface area (Å²) in [7, 11) is 0. The molecule has 3 rings (SSSR count). The second kappa shape index (κ2) is 9.40. The van der Waals surface area contributed by atoms with Crippen LogP contribution in [0, 0.1) is 18.3 Å². The van der Waals surface area contributed by atoms with Crippen molar-refractivity contribution in [2.24, 2.45) is 0 Å². The minimum Gasteiger partial charge on any atom is -0.448 e. The standard InChI is InChI=1S/C23H27N3O3S/c1-4-17-8-10-18(11-9-17)21-25-15(2)19(30-21)22(28)29-16(3)20(27)26-23(14-24)12-6-5-7-13-23/h8-11,16H,4-7,12-13H2,1-3H3,(H,26,27)/t16-/m1/s1. The Hall–Kier alpha value is -2.72. The molecule has 1 fully saturated rings. The van der Waals surface area contributed by atoms with Crippen LogP contribution in [0.2, 0.25) is 0 Å². The average Bonchev–Trinajstić information content (AvgIpc) is 3.16. The zero-order valence-electron chi connectivity index (χ0n) is 17.7. The number of aromatic nitrogens is 1. The van der Waals surface area contributed by atoms with Gasteiger partial charge in [-0.3, -0.25) is 4.79 Å². The maximum absolute atomic E-state index is 12.7. The van der Waals surface area contributed by atoms with Crippen LogP contribution in [0.1, 0.15) is 66.9 Å². The van der Waals surface area contributed by atoms with Gasteiger partial charge < -0.3 is 10.1 Å². The predicted octanol–water partition coefficient (Wildman–Crippen LogP) is 4.57. The monoisotopic (exact) mass is 425 g/mol. The van der Waals surface area contributed by atoms with Gasteiger partial charge in [-0.15, -0.1) is 11.3 Å². The van der Waals surface area contributed by atoms with Crippen molar-refractivity contribution in [3.05, 3.63) is 40.4 Å². The Kier molecular flexibility index (Phi) is 6.88. The number of nitriles is 1. The Balaban J connectivity index is 1.67. The highest BCUT2D eigenvalue weighted by Gasteiger charge is 2.35. The third-order valence-corrected chi connectivity index (χ3v) is 6.71. The quantitative estimate of drug-likeness (QED) is 0.685. The number of thiazole rings is 1. The van der Waals surface area contributed by atoms with Crippen molar-refractivity contribution < 1.29 is 14.3 Å². The number of hydrogen-bond donors (Lipinski definition) is 1. The highest BCUT2D eigenvalue weighted by molar-refractivity contribution is 7.17. The van der Waals surface area contributed by atoms with Gasteiger partial charge in [-0.1, -0.05) is 50.5 Å². The molecule has 1 amide bonds. The van der Waals surface area contributed by atoms with Gasteiger partial charge in [0.05, 0.1) is 11.8 Å². The van der Waals surface area contributed by atoms with Crippen LogP contribution in [-0.4, -0.2) is 28.5 Å². The first-order chi connectivity index (χ1) is 14.4. The van der Waals surface area contributed by atoms with Crippen molar-refractivity contribution in [2.45, 2.75) is 70.9 Å². The van der Waals surface area contributed by atoms with E-state index in [1.807, 2.05) is 24.3 Å². The van der Waals surface area contributed by atoms with Crippen LogP contribution >= 0.6 is 11.3 Å². The number of ether oxygens (including phenoxy) is 1. The molecule has 0 saturated heterocycles. The van der Waals surface area contributed by atoms with Gasteiger partial charge in [0.2, 0.25) is 0 Å². The SMILES string of the molecule is CCc1ccc(-c2nc(C)c(C(=O)O[C@H](C)C(=O)NC3(C#N)CCCCC3)s2)cc1. The Labute approximate surface area is 181 Å². The van der Waals surface area contributed by atoms with Crippen LogP contribution < -0.4 is 5.32 Å². The van der Waals surface area contributed by atoms with Gasteiger partial charge in [0.15, 0.2) is 6.10 Å². The highest BCUT2D eigenvalue weighted by atomic mass is 32.1. The molecule has 0 bridgehead atoms. The van der Waals surface area contributed by atoms with Crippen LogP contribution in [0.3, 0.4) is 0 Å². The van der Waals surface area contributed by atoms with Gasteiger partial charge in [-0.05, 0) is 38.7 Å². The van der Waals surface area contributed by atoms with E-state index in [0.717, 1.165) is 36.3 Å². The molecule has 1 atom stereocenters. The molecule has 2 aromatic rings. The van der Waals surface area contributed by atoms with Crippen LogP contribution in [0.4, 0.5) is 0 Å². The van der Waals surface area contributed by atoms with Gasteiger partial charge >= 0.3 is 5.97 Å². The van der Waals surface area contributed by atoms with Gasteiger partial charge in [-0.25, -0.2) is 9.78 Å². The molecule has 1 aromatic carbocycles. The van der Waals surface area contributed by atoms with Gasteiger partial charge in [-0.2, -0.15) is 5.26 Å². The molecule has 0 spiro atoms. The Morgan fingerprint density at radius 2 is 1.93 bits per heavy atom. The van der Waals surface area contributed by atoms with Crippen LogP contribution in [0.25, 0.3) is 10.6 Å². The molecule has 6 nitrogen and oxygen atoms in total. The van der Waals surface area contributed by atoms with E-state index < -0.39 is 23.5 Å². The van der Waals surface area contributed by atoms with Crippen molar-refractivity contribution in [3.8, 4) is 16.6 Å². The summed E-state index contributed by atoms with van der Waals surface area (Å²) in [5.74, 6) is -1.01. The topological polar surface area (TPSA) is 92.1 Å². The second-order valence-corrected chi connectivity index (χ2v) is 8.77. The van der Waals surface area contributed by atoms with Crippen LogP contribution in [-0.2, 0) is 16.0 Å². The van der Waals surface area contributed by atoms with E-state index in [-0.39, 0.29) is 0 Å². The fourth-order valence-corrected chi connectivity index (χ4v) is 4.57. The Morgan fingerprint density at radius 1 is 1.27 bits per heavy atom. The number of rotatable bonds is 6. The molecule has 158 valence electrons. The van der Waals surface area contributed by atoms with Crippen molar-refractivity contribution in [1.82, 2.24) is 10.3 Å². The van der Waals surface area contributed by atoms with E-state index in [9.17, 15) is 14.9 Å². The van der Waals surface area contributed by atoms with Gasteiger partial charge in [0.1, 0.15) is 15.4 Å². The summed E-state index contributed by atoms with van der Waals surface area (Å²) in [5.41, 5.74) is 1.90. The number of aryl methyl sites for hydroxylation is 2. The zero-order chi connectivity index (χ0) is 21.7. The summed E-state index contributed by atoms with van der Waals surface area (Å²) in [5, 5.41) is 13.1. The summed E-state index contributed by atoms with van der Waals surface area (Å²) in [4.78, 5) is 30.1. The first-order valence-corrected chi connectivity index (χ1v) is 11.2. The van der Waals surface area contributed by atoms with Gasteiger partial charge in [0, 0.05) is 5.56 Å². The molecule has 1 saturated carbocycles. The first kappa shape index (κ1) is 22.0. The number of nitrogens with one attached hydrogen (secondary N) is 1. The van der Waals surface area contributed by atoms with E-state index in [0.29, 0.717) is 23.4 Å². The lowest BCUT2D eigenvalue weighted by Gasteiger charge is -2.32. The minimum absolute atomic E-state index is 0.386. The number of carbonyl (C=O) groups is 2. The van der Waals surface area contributed by atoms with Crippen molar-refractivity contribution in [1.29, 1.82) is 5.26 Å². The molecule has 1 N–H and O–H groups in total. The van der Waals surface area contributed by atoms with Gasteiger partial charge in [0.25, 0.3) is 5.91 Å². The molecular formula is C23H27N3O3S. The van der Waals surface area contributed by atoms with E-state index in [4.69, 9.17) is 4.74 Å². The molecule has 0 unspecified atom stereocenters. The first-order valence-electron chi connectivity index (χ1n) is 10.4. The predicted molar refractivity (Wildman–Crippen MR) is 116 cm³/mol. The van der Waals surface area contributed by atoms with Crippen molar-refractivity contribution in [2.75, 3.05) is 0 Å². The number of esters is 1. The Morgan fingerprint density at radius 3 is 2.53 bits per heavy atom. The van der Waals surface area contributed by atoms with E-state index in [1.54, 1.807) is 6.92 Å². The molecule has 0 aliphatic heterocycles. The summed E-state index contributed by atoms with van der Waals surface area (Å²) in [6.07, 6.45) is 4.11. The number of carbonyl (C=O) groups excluding carboxylic acids is 2. The lowest BCUT2D eigenvalue weighted by molar-refractivity contribution is -0.130. The smallest absolute Gasteiger partial charge is 0.351 e. The second-order valence-electron chi connectivity index (χ2n) is 7.78. The maximum Gasteiger partial charge on any atom is 0.351 e. The van der Waals surface area contributed by atoms with E-state index in [1.165, 1.54) is 23.8 Å². The highest BCUT2D eigenvalue weighted by Crippen LogP contribution is 2.30. The van der Waals surface area contributed by atoms with Crippen molar-refractivity contribution >= 4 is 23.2 Å². The number of hydrogen-bond acceptors (Lipinski definition) is 6. The average molecular weight is 426 g/mol. The van der Waals surface area contributed by atoms with E-state index >= 15 is 0 Å². The van der Waals surface area contributed by atoms with Crippen LogP contribution in [0.5, 0.6) is 0 Å². The summed E-state index contributed by atoms with van der Waals surface area (Å²) in [6, 6.07) is 10.3. The number of nitrogens with zero attached hydrogens (tertiary/aromatic N) is 2. The Bertz CT molecular complexity index is 953. The molecule has 1 aromatic heterocycles. The maximum atomic E-state index is 12.7. The summed E-state index contributed by atoms with van der Waals surface area (Å²) >= 11 is 1.26. The number of amides is 1. The molecule has 30 heavy (non-hydrogen) atoms. The molecule has 7 heteroatoms. The fourth-order valence-electron chi connectivity index (χ4n) is 3.62. The minimum atomic E-state index is -0.988. The molecule has 1 aliphatic rings. The van der Waals surface area contributed by atoms with Crippen LogP contribution in [0.15, 0.2) is 24.3 Å². The lowest BCUT2D eigenvalue weighted by Crippen LogP contribution is -2.52. The molecule has 1 heterocycles. The van der Waals surface area contributed by atoms with E-state index in [2.05, 4.69) is 23.3 Å².